The molecule has 1 saturated heterocycles. The Balaban J connectivity index is 1.47. The lowest BCUT2D eigenvalue weighted by atomic mass is 9.87. The van der Waals surface area contributed by atoms with Gasteiger partial charge in [-0.25, -0.2) is 0 Å². The number of anilines is 1. The van der Waals surface area contributed by atoms with Gasteiger partial charge in [-0.1, -0.05) is 51.1 Å². The molecule has 0 spiro atoms. The largest absolute Gasteiger partial charge is 0.335 e. The monoisotopic (exact) mass is 492 g/mol. The number of carbonyl (C=O) groups is 2. The molecule has 1 N–H and O–H groups in total. The molecule has 2 amide bonds. The summed E-state index contributed by atoms with van der Waals surface area (Å²) in [4.78, 5) is 31.3. The smallest absolute Gasteiger partial charge is 0.234 e. The molecular formula is C26H32N6O2S. The highest BCUT2D eigenvalue weighted by Crippen LogP contribution is 2.25. The Bertz CT molecular complexity index is 1150. The van der Waals surface area contributed by atoms with Gasteiger partial charge in [0.2, 0.25) is 11.8 Å². The molecular weight excluding hydrogens is 460 g/mol. The zero-order valence-electron chi connectivity index (χ0n) is 20.5. The molecule has 1 aromatic carbocycles. The zero-order chi connectivity index (χ0) is 24.8. The van der Waals surface area contributed by atoms with Crippen LogP contribution in [0.3, 0.4) is 0 Å². The molecule has 4 rings (SSSR count). The summed E-state index contributed by atoms with van der Waals surface area (Å²) in [6.45, 7) is 7.58. The molecule has 35 heavy (non-hydrogen) atoms. The average Bonchev–Trinajstić information content (AvgIpc) is 3.12. The lowest BCUT2D eigenvalue weighted by Crippen LogP contribution is -2.31. The van der Waals surface area contributed by atoms with Gasteiger partial charge < -0.3 is 10.2 Å². The number of thioether (sulfide) groups is 1. The summed E-state index contributed by atoms with van der Waals surface area (Å²) in [5.74, 6) is 0.869. The summed E-state index contributed by atoms with van der Waals surface area (Å²) in [7, 11) is 0. The van der Waals surface area contributed by atoms with Crippen LogP contribution >= 0.6 is 11.8 Å². The predicted molar refractivity (Wildman–Crippen MR) is 138 cm³/mol. The molecule has 2 aromatic heterocycles. The summed E-state index contributed by atoms with van der Waals surface area (Å²) < 4.78 is 1.89. The lowest BCUT2D eigenvalue weighted by Gasteiger charge is -2.20. The van der Waals surface area contributed by atoms with Gasteiger partial charge in [-0.2, -0.15) is 0 Å². The second-order valence-electron chi connectivity index (χ2n) is 9.74. The highest BCUT2D eigenvalue weighted by atomic mass is 32.2. The number of nitrogens with one attached hydrogen (secondary N) is 1. The van der Waals surface area contributed by atoms with Crippen molar-refractivity contribution in [1.82, 2.24) is 24.6 Å². The van der Waals surface area contributed by atoms with Crippen molar-refractivity contribution in [3.8, 4) is 5.69 Å². The van der Waals surface area contributed by atoms with Crippen LogP contribution in [0.2, 0.25) is 0 Å². The molecule has 3 heterocycles. The van der Waals surface area contributed by atoms with E-state index < -0.39 is 0 Å². The van der Waals surface area contributed by atoms with E-state index in [1.807, 2.05) is 45.9 Å². The number of hydrogen-bond acceptors (Lipinski definition) is 6. The van der Waals surface area contributed by atoms with E-state index in [0.717, 1.165) is 37.2 Å². The van der Waals surface area contributed by atoms with Crippen molar-refractivity contribution in [1.29, 1.82) is 0 Å². The van der Waals surface area contributed by atoms with E-state index in [4.69, 9.17) is 0 Å². The van der Waals surface area contributed by atoms with Crippen molar-refractivity contribution in [2.24, 2.45) is 0 Å². The van der Waals surface area contributed by atoms with E-state index in [1.54, 1.807) is 12.4 Å². The van der Waals surface area contributed by atoms with Crippen molar-refractivity contribution >= 4 is 29.3 Å². The van der Waals surface area contributed by atoms with E-state index in [9.17, 15) is 9.59 Å². The summed E-state index contributed by atoms with van der Waals surface area (Å²) in [5.41, 5.74) is 2.84. The quantitative estimate of drug-likeness (QED) is 0.485. The molecule has 0 radical (unpaired) electrons. The lowest BCUT2D eigenvalue weighted by molar-refractivity contribution is -0.131. The van der Waals surface area contributed by atoms with Gasteiger partial charge in [0.1, 0.15) is 0 Å². The number of nitrogens with zero attached hydrogens (tertiary/aromatic N) is 5. The van der Waals surface area contributed by atoms with Crippen LogP contribution in [0.1, 0.15) is 57.8 Å². The van der Waals surface area contributed by atoms with E-state index >= 15 is 0 Å². The fraction of sp³-hybridized carbons (Fsp3) is 0.423. The Morgan fingerprint density at radius 2 is 1.89 bits per heavy atom. The summed E-state index contributed by atoms with van der Waals surface area (Å²) >= 11 is 1.31. The fourth-order valence-electron chi connectivity index (χ4n) is 4.00. The van der Waals surface area contributed by atoms with Gasteiger partial charge >= 0.3 is 0 Å². The molecule has 0 atom stereocenters. The molecule has 0 saturated carbocycles. The van der Waals surface area contributed by atoms with Gasteiger partial charge in [-0.05, 0) is 48.1 Å². The third-order valence-electron chi connectivity index (χ3n) is 5.98. The van der Waals surface area contributed by atoms with Gasteiger partial charge in [-0.3, -0.25) is 19.1 Å². The van der Waals surface area contributed by atoms with Crippen LogP contribution in [0.4, 0.5) is 5.69 Å². The standard InChI is InChI=1S/C26H32N6O2S/c1-26(2,3)19-10-12-20(13-11-19)28-23(33)18-35-25-30-29-22(32(25)21-8-7-14-27-16-21)17-31-15-6-4-5-9-24(31)34/h7-8,10-14,16H,4-6,9,15,17-18H2,1-3H3,(H,28,33). The second-order valence-corrected chi connectivity index (χ2v) is 10.7. The van der Waals surface area contributed by atoms with Crippen LogP contribution in [0, 0.1) is 0 Å². The number of carbonyl (C=O) groups excluding carboxylic acids is 2. The first-order chi connectivity index (χ1) is 16.8. The third kappa shape index (κ3) is 6.48. The zero-order valence-corrected chi connectivity index (χ0v) is 21.3. The summed E-state index contributed by atoms with van der Waals surface area (Å²) in [5, 5.41) is 12.3. The molecule has 184 valence electrons. The minimum Gasteiger partial charge on any atom is -0.335 e. The van der Waals surface area contributed by atoms with Gasteiger partial charge in [0, 0.05) is 24.8 Å². The number of aromatic nitrogens is 4. The number of likely N-dealkylation sites (tertiary alicyclic amines) is 1. The molecule has 3 aromatic rings. The highest BCUT2D eigenvalue weighted by Gasteiger charge is 2.22. The molecule has 9 heteroatoms. The Hall–Kier alpha value is -3.20. The number of hydrogen-bond donors (Lipinski definition) is 1. The third-order valence-corrected chi connectivity index (χ3v) is 6.90. The first-order valence-electron chi connectivity index (χ1n) is 12.0. The Morgan fingerprint density at radius 1 is 1.09 bits per heavy atom. The van der Waals surface area contributed by atoms with Crippen molar-refractivity contribution in [2.45, 2.75) is 63.6 Å². The second kappa shape index (κ2) is 11.0. The normalized spacial score (nSPS) is 14.6. The molecule has 0 bridgehead atoms. The molecule has 1 aliphatic rings. The van der Waals surface area contributed by atoms with Crippen LogP contribution in [-0.4, -0.2) is 48.8 Å². The highest BCUT2D eigenvalue weighted by molar-refractivity contribution is 7.99. The van der Waals surface area contributed by atoms with Crippen molar-refractivity contribution in [2.75, 3.05) is 17.6 Å². The average molecular weight is 493 g/mol. The Morgan fingerprint density at radius 3 is 2.60 bits per heavy atom. The maximum Gasteiger partial charge on any atom is 0.234 e. The maximum absolute atomic E-state index is 12.7. The molecule has 1 aliphatic heterocycles. The van der Waals surface area contributed by atoms with E-state index in [-0.39, 0.29) is 23.0 Å². The Kier molecular flexibility index (Phi) is 7.85. The Labute approximate surface area is 210 Å². The predicted octanol–water partition coefficient (Wildman–Crippen LogP) is 4.59. The first kappa shape index (κ1) is 24.9. The molecule has 8 nitrogen and oxygen atoms in total. The van der Waals surface area contributed by atoms with Crippen LogP contribution in [0.25, 0.3) is 5.69 Å². The maximum atomic E-state index is 12.7. The van der Waals surface area contributed by atoms with Crippen LogP contribution in [0.15, 0.2) is 53.9 Å². The topological polar surface area (TPSA) is 93.0 Å². The number of benzene rings is 1. The minimum atomic E-state index is -0.122. The molecule has 0 aliphatic carbocycles. The van der Waals surface area contributed by atoms with Crippen LogP contribution in [0.5, 0.6) is 0 Å². The van der Waals surface area contributed by atoms with Gasteiger partial charge in [0.25, 0.3) is 0 Å². The summed E-state index contributed by atoms with van der Waals surface area (Å²) in [6.07, 6.45) is 6.99. The van der Waals surface area contributed by atoms with Crippen molar-refractivity contribution in [3.63, 3.8) is 0 Å². The van der Waals surface area contributed by atoms with Gasteiger partial charge in [0.05, 0.1) is 24.2 Å². The SMILES string of the molecule is CC(C)(C)c1ccc(NC(=O)CSc2nnc(CN3CCCCCC3=O)n2-c2cccnc2)cc1. The number of rotatable bonds is 7. The first-order valence-corrected chi connectivity index (χ1v) is 13.0. The molecule has 1 fully saturated rings. The van der Waals surface area contributed by atoms with E-state index in [0.29, 0.717) is 23.9 Å². The van der Waals surface area contributed by atoms with Gasteiger partial charge in [0.15, 0.2) is 11.0 Å². The number of amides is 2. The fourth-order valence-corrected chi connectivity index (χ4v) is 4.77. The van der Waals surface area contributed by atoms with E-state index in [2.05, 4.69) is 41.3 Å². The van der Waals surface area contributed by atoms with E-state index in [1.165, 1.54) is 17.3 Å². The minimum absolute atomic E-state index is 0.0599. The number of pyridine rings is 1. The summed E-state index contributed by atoms with van der Waals surface area (Å²) in [6, 6.07) is 11.7. The van der Waals surface area contributed by atoms with Crippen molar-refractivity contribution < 1.29 is 9.59 Å². The van der Waals surface area contributed by atoms with Crippen LogP contribution < -0.4 is 5.32 Å². The van der Waals surface area contributed by atoms with Gasteiger partial charge in [-0.15, -0.1) is 10.2 Å². The van der Waals surface area contributed by atoms with Crippen molar-refractivity contribution in [3.05, 3.63) is 60.2 Å². The van der Waals surface area contributed by atoms with Crippen LogP contribution in [-0.2, 0) is 21.5 Å². The molecule has 0 unspecified atom stereocenters.